The van der Waals surface area contributed by atoms with Crippen LogP contribution in [0.4, 0.5) is 11.4 Å². The Bertz CT molecular complexity index is 934. The van der Waals surface area contributed by atoms with Crippen molar-refractivity contribution in [1.29, 1.82) is 0 Å². The second-order valence-electron chi connectivity index (χ2n) is 5.87. The van der Waals surface area contributed by atoms with Crippen LogP contribution in [0.2, 0.25) is 0 Å². The Morgan fingerprint density at radius 3 is 2.00 bits per heavy atom. The van der Waals surface area contributed by atoms with E-state index in [0.717, 1.165) is 22.5 Å². The molecule has 128 valence electrons. The molecule has 0 bridgehead atoms. The van der Waals surface area contributed by atoms with Crippen molar-refractivity contribution in [2.45, 2.75) is 6.54 Å². The minimum atomic E-state index is -0.633. The lowest BCUT2D eigenvalue weighted by Gasteiger charge is -2.26. The van der Waals surface area contributed by atoms with Crippen LogP contribution in [0.15, 0.2) is 60.9 Å². The number of nitrogens with zero attached hydrogens (tertiary/aromatic N) is 3. The van der Waals surface area contributed by atoms with Gasteiger partial charge in [0, 0.05) is 23.8 Å². The van der Waals surface area contributed by atoms with E-state index in [1.54, 1.807) is 5.48 Å². The highest BCUT2D eigenvalue weighted by Crippen LogP contribution is 2.36. The zero-order valence-electron chi connectivity index (χ0n) is 13.8. The molecule has 2 heterocycles. The highest BCUT2D eigenvalue weighted by atomic mass is 16.5. The van der Waals surface area contributed by atoms with Crippen molar-refractivity contribution >= 4 is 29.4 Å². The minimum Gasteiger partial charge on any atom is -0.333 e. The quantitative estimate of drug-likeness (QED) is 0.562. The number of hydroxylamine groups is 1. The van der Waals surface area contributed by atoms with Crippen molar-refractivity contribution < 1.29 is 10.0 Å². The summed E-state index contributed by atoms with van der Waals surface area (Å²) in [6.07, 6.45) is 7.01. The van der Waals surface area contributed by atoms with Gasteiger partial charge in [-0.25, -0.2) is 15.4 Å². The second-order valence-corrected chi connectivity index (χ2v) is 5.87. The highest BCUT2D eigenvalue weighted by Gasteiger charge is 2.19. The van der Waals surface area contributed by atoms with Gasteiger partial charge in [-0.3, -0.25) is 10.0 Å². The number of carbonyl (C=O) groups excluding carboxylic acids is 1. The van der Waals surface area contributed by atoms with E-state index in [4.69, 9.17) is 5.21 Å². The van der Waals surface area contributed by atoms with Gasteiger partial charge < -0.3 is 4.90 Å². The predicted molar refractivity (Wildman–Crippen MR) is 98.9 cm³/mol. The summed E-state index contributed by atoms with van der Waals surface area (Å²) >= 11 is 0. The third kappa shape index (κ3) is 2.94. The number of para-hydroxylation sites is 2. The first kappa shape index (κ1) is 16.0. The number of hydrogen-bond acceptors (Lipinski definition) is 5. The maximum absolute atomic E-state index is 11.4. The molecule has 0 saturated carbocycles. The molecule has 0 saturated heterocycles. The number of fused-ring (bicyclic) bond motifs is 2. The standard InChI is InChI=1S/C20H16N4O2/c25-20(23-26)16-11-21-19(22-12-16)13-24-17-7-3-1-5-14(17)9-10-15-6-2-4-8-18(15)24/h1-12,26H,13H2,(H,23,25). The van der Waals surface area contributed by atoms with Crippen molar-refractivity contribution in [3.8, 4) is 0 Å². The third-order valence-corrected chi connectivity index (χ3v) is 4.27. The van der Waals surface area contributed by atoms with E-state index < -0.39 is 5.91 Å². The number of rotatable bonds is 3. The van der Waals surface area contributed by atoms with E-state index in [0.29, 0.717) is 12.4 Å². The van der Waals surface area contributed by atoms with Gasteiger partial charge in [-0.2, -0.15) is 0 Å². The van der Waals surface area contributed by atoms with Crippen LogP contribution in [0.5, 0.6) is 0 Å². The van der Waals surface area contributed by atoms with Gasteiger partial charge >= 0.3 is 0 Å². The number of anilines is 2. The molecule has 1 aliphatic rings. The predicted octanol–water partition coefficient (Wildman–Crippen LogP) is 3.42. The Hall–Kier alpha value is -3.51. The number of aromatic nitrogens is 2. The maximum Gasteiger partial charge on any atom is 0.277 e. The summed E-state index contributed by atoms with van der Waals surface area (Å²) in [6.45, 7) is 0.455. The number of benzene rings is 2. The van der Waals surface area contributed by atoms with Gasteiger partial charge in [0.25, 0.3) is 5.91 Å². The van der Waals surface area contributed by atoms with E-state index in [9.17, 15) is 4.79 Å². The smallest absolute Gasteiger partial charge is 0.277 e. The number of hydrogen-bond donors (Lipinski definition) is 2. The average molecular weight is 344 g/mol. The van der Waals surface area contributed by atoms with Crippen LogP contribution in [-0.2, 0) is 6.54 Å². The van der Waals surface area contributed by atoms with Crippen molar-refractivity contribution in [3.05, 3.63) is 83.4 Å². The summed E-state index contributed by atoms with van der Waals surface area (Å²) in [7, 11) is 0. The molecule has 0 spiro atoms. The second kappa shape index (κ2) is 6.78. The molecule has 6 nitrogen and oxygen atoms in total. The van der Waals surface area contributed by atoms with Crippen molar-refractivity contribution in [3.63, 3.8) is 0 Å². The SMILES string of the molecule is O=C(NO)c1cnc(CN2c3ccccc3C=Cc3ccccc32)nc1. The lowest BCUT2D eigenvalue weighted by atomic mass is 10.1. The summed E-state index contributed by atoms with van der Waals surface area (Å²) in [4.78, 5) is 22.1. The first-order chi connectivity index (χ1) is 12.8. The molecule has 0 aliphatic carbocycles. The molecule has 4 rings (SSSR count). The first-order valence-corrected chi connectivity index (χ1v) is 8.15. The van der Waals surface area contributed by atoms with Crippen LogP contribution >= 0.6 is 0 Å². The molecule has 3 aromatic rings. The first-order valence-electron chi connectivity index (χ1n) is 8.15. The van der Waals surface area contributed by atoms with Crippen LogP contribution in [0.25, 0.3) is 12.2 Å². The van der Waals surface area contributed by atoms with E-state index in [1.165, 1.54) is 12.4 Å². The Labute approximate surface area is 150 Å². The zero-order valence-corrected chi connectivity index (χ0v) is 13.8. The molecule has 1 aromatic heterocycles. The lowest BCUT2D eigenvalue weighted by Crippen LogP contribution is -2.21. The van der Waals surface area contributed by atoms with Crippen molar-refractivity contribution in [2.24, 2.45) is 0 Å². The van der Waals surface area contributed by atoms with Crippen molar-refractivity contribution in [2.75, 3.05) is 4.90 Å². The molecule has 2 aromatic carbocycles. The number of nitrogens with one attached hydrogen (secondary N) is 1. The molecule has 1 amide bonds. The Morgan fingerprint density at radius 1 is 0.923 bits per heavy atom. The number of carbonyl (C=O) groups is 1. The summed E-state index contributed by atoms with van der Waals surface area (Å²) in [5, 5.41) is 8.70. The van der Waals surface area contributed by atoms with E-state index in [2.05, 4.69) is 51.3 Å². The molecule has 6 heteroatoms. The molecule has 0 unspecified atom stereocenters. The Balaban J connectivity index is 1.74. The van der Waals surface area contributed by atoms with Crippen LogP contribution in [0.1, 0.15) is 27.3 Å². The van der Waals surface area contributed by atoms with E-state index in [-0.39, 0.29) is 5.56 Å². The van der Waals surface area contributed by atoms with Crippen LogP contribution < -0.4 is 10.4 Å². The molecule has 0 fully saturated rings. The molecular formula is C20H16N4O2. The maximum atomic E-state index is 11.4. The van der Waals surface area contributed by atoms with Crippen LogP contribution in [-0.4, -0.2) is 21.1 Å². The van der Waals surface area contributed by atoms with E-state index in [1.807, 2.05) is 24.3 Å². The summed E-state index contributed by atoms with van der Waals surface area (Å²) in [5.41, 5.74) is 6.13. The highest BCUT2D eigenvalue weighted by molar-refractivity contribution is 5.92. The summed E-state index contributed by atoms with van der Waals surface area (Å²) < 4.78 is 0. The zero-order chi connectivity index (χ0) is 17.9. The molecule has 26 heavy (non-hydrogen) atoms. The molecular weight excluding hydrogens is 328 g/mol. The summed E-state index contributed by atoms with van der Waals surface area (Å²) in [5.74, 6) is -0.0581. The van der Waals surface area contributed by atoms with Gasteiger partial charge in [-0.1, -0.05) is 48.6 Å². The molecule has 0 atom stereocenters. The van der Waals surface area contributed by atoms with Crippen LogP contribution in [0, 0.1) is 0 Å². The third-order valence-electron chi connectivity index (χ3n) is 4.27. The Kier molecular flexibility index (Phi) is 4.17. The molecule has 1 aliphatic heterocycles. The van der Waals surface area contributed by atoms with Gasteiger partial charge in [0.15, 0.2) is 0 Å². The topological polar surface area (TPSA) is 78.3 Å². The fourth-order valence-corrected chi connectivity index (χ4v) is 2.99. The summed E-state index contributed by atoms with van der Waals surface area (Å²) in [6, 6.07) is 16.3. The monoisotopic (exact) mass is 344 g/mol. The van der Waals surface area contributed by atoms with Gasteiger partial charge in [0.05, 0.1) is 12.1 Å². The normalized spacial score (nSPS) is 12.1. The van der Waals surface area contributed by atoms with Gasteiger partial charge in [-0.05, 0) is 23.3 Å². The largest absolute Gasteiger partial charge is 0.333 e. The Morgan fingerprint density at radius 2 is 1.46 bits per heavy atom. The van der Waals surface area contributed by atoms with Crippen molar-refractivity contribution in [1.82, 2.24) is 15.4 Å². The van der Waals surface area contributed by atoms with Gasteiger partial charge in [-0.15, -0.1) is 0 Å². The average Bonchev–Trinajstić information content (AvgIpc) is 2.86. The van der Waals surface area contributed by atoms with Crippen LogP contribution in [0.3, 0.4) is 0 Å². The fraction of sp³-hybridized carbons (Fsp3) is 0.0500. The minimum absolute atomic E-state index is 0.203. The lowest BCUT2D eigenvalue weighted by molar-refractivity contribution is 0.0705. The van der Waals surface area contributed by atoms with E-state index >= 15 is 0 Å². The fourth-order valence-electron chi connectivity index (χ4n) is 2.99. The molecule has 2 N–H and O–H groups in total. The number of amides is 1. The van der Waals surface area contributed by atoms with Gasteiger partial charge in [0.1, 0.15) is 5.82 Å². The molecule has 0 radical (unpaired) electrons. The van der Waals surface area contributed by atoms with Gasteiger partial charge in [0.2, 0.25) is 0 Å².